The Morgan fingerprint density at radius 2 is 0.829 bits per heavy atom. The van der Waals surface area contributed by atoms with Gasteiger partial charge in [-0.25, -0.2) is 0 Å². The Bertz CT molecular complexity index is 1250. The summed E-state index contributed by atoms with van der Waals surface area (Å²) >= 11 is 0. The molecule has 4 N–H and O–H groups in total. The van der Waals surface area contributed by atoms with Crippen molar-refractivity contribution in [1.82, 2.24) is 9.80 Å². The van der Waals surface area contributed by atoms with E-state index < -0.39 is 0 Å². The van der Waals surface area contributed by atoms with E-state index in [1.165, 1.54) is 0 Å². The molecule has 0 fully saturated rings. The number of hydrogen-bond acceptors (Lipinski definition) is 8. The molecule has 222 valence electrons. The zero-order chi connectivity index (χ0) is 29.7. The average Bonchev–Trinajstić information content (AvgIpc) is 2.97. The first-order chi connectivity index (χ1) is 19.3. The molecule has 0 aliphatic heterocycles. The summed E-state index contributed by atoms with van der Waals surface area (Å²) in [7, 11) is 5.91. The van der Waals surface area contributed by atoms with Gasteiger partial charge in [-0.3, -0.25) is 0 Å². The van der Waals surface area contributed by atoms with Gasteiger partial charge in [0.2, 0.25) is 0 Å². The van der Waals surface area contributed by atoms with Crippen LogP contribution in [-0.4, -0.2) is 71.6 Å². The molecule has 4 aromatic rings. The normalized spacial score (nSPS) is 10.2. The average molecular weight is 605 g/mol. The summed E-state index contributed by atoms with van der Waals surface area (Å²) in [6.45, 7) is 2.35. The van der Waals surface area contributed by atoms with Crippen LogP contribution in [0.25, 0.3) is 22.3 Å². The van der Waals surface area contributed by atoms with E-state index in [1.54, 1.807) is 60.7 Å². The monoisotopic (exact) mass is 604 g/mol. The zero-order valence-electron chi connectivity index (χ0n) is 23.7. The van der Waals surface area contributed by atoms with E-state index in [-0.39, 0.29) is 39.5 Å². The Morgan fingerprint density at radius 1 is 0.512 bits per heavy atom. The van der Waals surface area contributed by atoms with Crippen molar-refractivity contribution in [3.05, 3.63) is 96.1 Å². The number of phenols is 2. The molecule has 0 atom stereocenters. The SMILES string of the molecule is CN(CCN(C)Cc1cccc(-c2ccccc2O)c1[O-])Cc1cccc(-c2ccccc2O)c1[O-].CO.CO.[Ni+2]. The largest absolute Gasteiger partial charge is 2.00 e. The molecule has 0 saturated carbocycles. The predicted molar refractivity (Wildman–Crippen MR) is 155 cm³/mol. The van der Waals surface area contributed by atoms with Crippen LogP contribution in [0.15, 0.2) is 84.9 Å². The van der Waals surface area contributed by atoms with Gasteiger partial charge in [0.05, 0.1) is 0 Å². The maximum absolute atomic E-state index is 13.0. The standard InChI is InChI=1S/C30H32N2O4.2CH4O.Ni/c1-31(19-21-9-7-13-25(29(21)35)23-11-3-5-15-27(23)33)17-18-32(2)20-22-10-8-14-26(30(22)36)24-12-4-6-16-28(24)34;2*1-2;/h3-16,33-36H,17-20H2,1-2H3;2*2H,1H3;/q;;;+2/p-2. The zero-order valence-corrected chi connectivity index (χ0v) is 24.7. The van der Waals surface area contributed by atoms with Crippen LogP contribution in [-0.2, 0) is 29.6 Å². The number of para-hydroxylation sites is 4. The number of hydrogen-bond donors (Lipinski definition) is 4. The van der Waals surface area contributed by atoms with Gasteiger partial charge in [0.25, 0.3) is 0 Å². The molecule has 4 aromatic carbocycles. The van der Waals surface area contributed by atoms with Crippen molar-refractivity contribution >= 4 is 0 Å². The Balaban J connectivity index is 0.00000161. The van der Waals surface area contributed by atoms with E-state index in [9.17, 15) is 20.4 Å². The predicted octanol–water partition coefficient (Wildman–Crippen LogP) is 3.36. The summed E-state index contributed by atoms with van der Waals surface area (Å²) in [5.74, 6) is 0.00407. The van der Waals surface area contributed by atoms with Gasteiger partial charge < -0.3 is 40.4 Å². The molecule has 0 unspecified atom stereocenters. The first-order valence-corrected chi connectivity index (χ1v) is 12.8. The molecule has 8 nitrogen and oxygen atoms in total. The minimum Gasteiger partial charge on any atom is -0.872 e. The van der Waals surface area contributed by atoms with Crippen molar-refractivity contribution in [2.24, 2.45) is 0 Å². The number of aliphatic hydroxyl groups is 2. The second kappa shape index (κ2) is 18.0. The van der Waals surface area contributed by atoms with E-state index in [1.807, 2.05) is 38.4 Å². The van der Waals surface area contributed by atoms with Gasteiger partial charge in [0, 0.05) is 51.5 Å². The third-order valence-electron chi connectivity index (χ3n) is 6.33. The van der Waals surface area contributed by atoms with Crippen molar-refractivity contribution in [1.29, 1.82) is 0 Å². The van der Waals surface area contributed by atoms with E-state index >= 15 is 0 Å². The van der Waals surface area contributed by atoms with Crippen molar-refractivity contribution in [3.8, 4) is 45.3 Å². The van der Waals surface area contributed by atoms with E-state index in [2.05, 4.69) is 9.80 Å². The molecular weight excluding hydrogens is 567 g/mol. The Hall–Kier alpha value is -3.59. The second-order valence-electron chi connectivity index (χ2n) is 9.10. The fourth-order valence-corrected chi connectivity index (χ4v) is 4.33. The van der Waals surface area contributed by atoms with Crippen LogP contribution in [0.1, 0.15) is 11.1 Å². The quantitative estimate of drug-likeness (QED) is 0.214. The molecule has 0 amide bonds. The van der Waals surface area contributed by atoms with E-state index in [0.717, 1.165) is 14.2 Å². The second-order valence-corrected chi connectivity index (χ2v) is 9.10. The van der Waals surface area contributed by atoms with Crippen molar-refractivity contribution in [2.45, 2.75) is 13.1 Å². The smallest absolute Gasteiger partial charge is 0.872 e. The number of aromatic hydroxyl groups is 2. The summed E-state index contributed by atoms with van der Waals surface area (Å²) < 4.78 is 0. The number of likely N-dealkylation sites (N-methyl/N-ethyl adjacent to an activating group) is 2. The Morgan fingerprint density at radius 3 is 1.17 bits per heavy atom. The summed E-state index contributed by atoms with van der Waals surface area (Å²) in [6.07, 6.45) is 0. The van der Waals surface area contributed by atoms with Crippen LogP contribution in [0.3, 0.4) is 0 Å². The number of benzene rings is 4. The summed E-state index contributed by atoms with van der Waals surface area (Å²) in [4.78, 5) is 4.14. The van der Waals surface area contributed by atoms with Gasteiger partial charge in [0.15, 0.2) is 0 Å². The first kappa shape index (κ1) is 35.4. The number of nitrogens with zero attached hydrogens (tertiary/aromatic N) is 2. The van der Waals surface area contributed by atoms with Gasteiger partial charge in [-0.05, 0) is 48.5 Å². The molecule has 0 saturated heterocycles. The minimum absolute atomic E-state index is 0. The first-order valence-electron chi connectivity index (χ1n) is 12.8. The molecule has 0 aliphatic rings. The summed E-state index contributed by atoms with van der Waals surface area (Å²) in [6, 6.07) is 24.5. The van der Waals surface area contributed by atoms with Gasteiger partial charge in [-0.1, -0.05) is 84.3 Å². The molecule has 41 heavy (non-hydrogen) atoms. The topological polar surface area (TPSA) is 134 Å². The van der Waals surface area contributed by atoms with Gasteiger partial charge in [-0.15, -0.1) is 0 Å². The summed E-state index contributed by atoms with van der Waals surface area (Å²) in [5, 5.41) is 60.4. The molecule has 0 radical (unpaired) electrons. The fraction of sp³-hybridized carbons (Fsp3) is 0.250. The van der Waals surface area contributed by atoms with Gasteiger partial charge >= 0.3 is 16.5 Å². The van der Waals surface area contributed by atoms with Crippen LogP contribution >= 0.6 is 0 Å². The van der Waals surface area contributed by atoms with Crippen LogP contribution in [0.5, 0.6) is 23.0 Å². The van der Waals surface area contributed by atoms with Crippen molar-refractivity contribution in [3.63, 3.8) is 0 Å². The molecule has 9 heteroatoms. The number of aliphatic hydroxyl groups excluding tert-OH is 2. The van der Waals surface area contributed by atoms with Crippen LogP contribution in [0, 0.1) is 0 Å². The van der Waals surface area contributed by atoms with Crippen LogP contribution in [0.2, 0.25) is 0 Å². The molecule has 0 spiro atoms. The minimum atomic E-state index is -0.0869. The summed E-state index contributed by atoms with van der Waals surface area (Å²) in [5.41, 5.74) is 3.38. The van der Waals surface area contributed by atoms with Crippen molar-refractivity contribution in [2.75, 3.05) is 41.4 Å². The molecule has 0 bridgehead atoms. The third-order valence-corrected chi connectivity index (χ3v) is 6.33. The molecule has 0 aliphatic carbocycles. The van der Waals surface area contributed by atoms with Crippen LogP contribution in [0.4, 0.5) is 0 Å². The Labute approximate surface area is 252 Å². The number of rotatable bonds is 9. The van der Waals surface area contributed by atoms with Crippen LogP contribution < -0.4 is 10.2 Å². The molecule has 0 heterocycles. The van der Waals surface area contributed by atoms with Gasteiger partial charge in [0.1, 0.15) is 11.5 Å². The fourth-order valence-electron chi connectivity index (χ4n) is 4.33. The third kappa shape index (κ3) is 9.49. The molecular formula is C32H38N2NiO6. The van der Waals surface area contributed by atoms with E-state index in [0.29, 0.717) is 59.6 Å². The maximum Gasteiger partial charge on any atom is 2.00 e. The Kier molecular flexibility index (Phi) is 15.5. The molecule has 0 aromatic heterocycles. The van der Waals surface area contributed by atoms with Crippen molar-refractivity contribution < 1.29 is 47.1 Å². The van der Waals surface area contributed by atoms with E-state index in [4.69, 9.17) is 10.2 Å². The van der Waals surface area contributed by atoms with Gasteiger partial charge in [-0.2, -0.15) is 0 Å². The number of phenolic OH excluding ortho intramolecular Hbond substituents is 2. The maximum atomic E-state index is 13.0. The molecule has 4 rings (SSSR count).